The minimum absolute atomic E-state index is 0.00899. The molecular formula is C14H10Cl2O4S. The number of halogens is 2. The zero-order valence-corrected chi connectivity index (χ0v) is 13.1. The van der Waals surface area contributed by atoms with Crippen LogP contribution in [-0.4, -0.2) is 19.3 Å². The zero-order chi connectivity index (χ0) is 15.8. The van der Waals surface area contributed by atoms with Gasteiger partial charge in [-0.25, -0.2) is 8.42 Å². The van der Waals surface area contributed by atoms with Gasteiger partial charge in [0.2, 0.25) is 9.84 Å². The highest BCUT2D eigenvalue weighted by Gasteiger charge is 2.28. The second-order valence-corrected chi connectivity index (χ2v) is 6.94. The molecule has 0 fully saturated rings. The van der Waals surface area contributed by atoms with Gasteiger partial charge in [0, 0.05) is 6.07 Å². The highest BCUT2D eigenvalue weighted by molar-refractivity contribution is 7.91. The lowest BCUT2D eigenvalue weighted by Crippen LogP contribution is -2.09. The molecule has 0 amide bonds. The van der Waals surface area contributed by atoms with Gasteiger partial charge in [0.05, 0.1) is 20.4 Å². The van der Waals surface area contributed by atoms with E-state index in [-0.39, 0.29) is 25.4 Å². The van der Waals surface area contributed by atoms with Crippen LogP contribution in [0.2, 0.25) is 10.0 Å². The molecule has 110 valence electrons. The molecule has 0 saturated carbocycles. The van der Waals surface area contributed by atoms with Crippen LogP contribution in [0, 0.1) is 0 Å². The Morgan fingerprint density at radius 3 is 2.19 bits per heavy atom. The Hall–Kier alpha value is -1.56. The number of carbonyl (C=O) groups excluding carboxylic acids is 1. The first-order valence-electron chi connectivity index (χ1n) is 5.79. The average molecular weight is 345 g/mol. The molecule has 1 N–H and O–H groups in total. The molecule has 0 spiro atoms. The van der Waals surface area contributed by atoms with E-state index in [0.717, 1.165) is 6.07 Å². The lowest BCUT2D eigenvalue weighted by molar-refractivity contribution is 0.101. The molecule has 2 aromatic rings. The van der Waals surface area contributed by atoms with Crippen LogP contribution in [-0.2, 0) is 9.84 Å². The summed E-state index contributed by atoms with van der Waals surface area (Å²) >= 11 is 11.7. The van der Waals surface area contributed by atoms with Gasteiger partial charge >= 0.3 is 0 Å². The number of rotatable bonds is 3. The van der Waals surface area contributed by atoms with E-state index in [9.17, 15) is 18.3 Å². The van der Waals surface area contributed by atoms with Crippen LogP contribution in [0.15, 0.2) is 46.2 Å². The molecule has 0 aromatic heterocycles. The molecule has 2 aromatic carbocycles. The van der Waals surface area contributed by atoms with E-state index < -0.39 is 21.4 Å². The van der Waals surface area contributed by atoms with Crippen LogP contribution in [0.25, 0.3) is 0 Å². The number of Topliss-reactive ketones (excluding diaryl/α,β-unsaturated/α-hetero) is 1. The number of sulfone groups is 1. The number of carbonyl (C=O) groups is 1. The van der Waals surface area contributed by atoms with Crippen LogP contribution < -0.4 is 0 Å². The Bertz CT molecular complexity index is 815. The summed E-state index contributed by atoms with van der Waals surface area (Å²) in [6.07, 6.45) is 0. The molecule has 4 nitrogen and oxygen atoms in total. The normalized spacial score (nSPS) is 11.4. The van der Waals surface area contributed by atoms with Crippen molar-refractivity contribution in [2.45, 2.75) is 16.7 Å². The number of hydrogen-bond acceptors (Lipinski definition) is 4. The van der Waals surface area contributed by atoms with E-state index in [0.29, 0.717) is 0 Å². The molecule has 0 saturated heterocycles. The van der Waals surface area contributed by atoms with E-state index in [2.05, 4.69) is 0 Å². The minimum Gasteiger partial charge on any atom is -0.506 e. The lowest BCUT2D eigenvalue weighted by atomic mass is 10.1. The van der Waals surface area contributed by atoms with Crippen molar-refractivity contribution in [3.8, 4) is 5.75 Å². The third kappa shape index (κ3) is 2.77. The Kier molecular flexibility index (Phi) is 4.27. The standard InChI is InChI=1S/C14H10Cl2O4S/c1-8(17)12-11(7-10(18)13(15)14(12)16)21(19,20)9-5-3-2-4-6-9/h2-7,18H,1H3. The molecule has 21 heavy (non-hydrogen) atoms. The van der Waals surface area contributed by atoms with Gasteiger partial charge < -0.3 is 5.11 Å². The second kappa shape index (κ2) is 5.67. The Morgan fingerprint density at radius 2 is 1.67 bits per heavy atom. The van der Waals surface area contributed by atoms with Crippen LogP contribution in [0.3, 0.4) is 0 Å². The largest absolute Gasteiger partial charge is 0.506 e. The van der Waals surface area contributed by atoms with Crippen LogP contribution in [0.4, 0.5) is 0 Å². The molecule has 7 heteroatoms. The number of benzene rings is 2. The molecular weight excluding hydrogens is 335 g/mol. The zero-order valence-electron chi connectivity index (χ0n) is 10.8. The van der Waals surface area contributed by atoms with Gasteiger partial charge in [0.15, 0.2) is 5.78 Å². The number of ketones is 1. The molecule has 0 aliphatic rings. The molecule has 0 atom stereocenters. The topological polar surface area (TPSA) is 71.4 Å². The van der Waals surface area contributed by atoms with E-state index in [1.54, 1.807) is 18.2 Å². The third-order valence-electron chi connectivity index (χ3n) is 2.85. The van der Waals surface area contributed by atoms with E-state index >= 15 is 0 Å². The number of aromatic hydroxyl groups is 1. The van der Waals surface area contributed by atoms with Crippen LogP contribution >= 0.6 is 23.2 Å². The van der Waals surface area contributed by atoms with Gasteiger partial charge in [-0.05, 0) is 19.1 Å². The molecule has 2 rings (SSSR count). The molecule has 0 unspecified atom stereocenters. The fraction of sp³-hybridized carbons (Fsp3) is 0.0714. The number of hydrogen-bond donors (Lipinski definition) is 1. The molecule has 0 aliphatic carbocycles. The van der Waals surface area contributed by atoms with Crippen molar-refractivity contribution in [2.24, 2.45) is 0 Å². The first-order chi connectivity index (χ1) is 9.76. The van der Waals surface area contributed by atoms with Gasteiger partial charge in [0.1, 0.15) is 10.8 Å². The van der Waals surface area contributed by atoms with Crippen molar-refractivity contribution in [1.29, 1.82) is 0 Å². The summed E-state index contributed by atoms with van der Waals surface area (Å²) in [6.45, 7) is 1.18. The molecule has 0 radical (unpaired) electrons. The summed E-state index contributed by atoms with van der Waals surface area (Å²) < 4.78 is 25.2. The van der Waals surface area contributed by atoms with Crippen molar-refractivity contribution in [3.63, 3.8) is 0 Å². The lowest BCUT2D eigenvalue weighted by Gasteiger charge is -2.12. The van der Waals surface area contributed by atoms with Gasteiger partial charge in [-0.1, -0.05) is 41.4 Å². The maximum atomic E-state index is 12.6. The predicted octanol–water partition coefficient (Wildman–Crippen LogP) is 3.73. The molecule has 0 heterocycles. The van der Waals surface area contributed by atoms with Crippen molar-refractivity contribution >= 4 is 38.8 Å². The van der Waals surface area contributed by atoms with E-state index in [1.165, 1.54) is 19.1 Å². The van der Waals surface area contributed by atoms with Gasteiger partial charge in [0.25, 0.3) is 0 Å². The Balaban J connectivity index is 2.84. The molecule has 0 bridgehead atoms. The predicted molar refractivity (Wildman–Crippen MR) is 80.0 cm³/mol. The number of phenolic OH excluding ortho intramolecular Hbond substituents is 1. The summed E-state index contributed by atoms with van der Waals surface area (Å²) in [6, 6.07) is 8.48. The van der Waals surface area contributed by atoms with Crippen molar-refractivity contribution in [1.82, 2.24) is 0 Å². The summed E-state index contributed by atoms with van der Waals surface area (Å²) in [7, 11) is -4.00. The highest BCUT2D eigenvalue weighted by atomic mass is 35.5. The van der Waals surface area contributed by atoms with Gasteiger partial charge in [-0.2, -0.15) is 0 Å². The third-order valence-corrected chi connectivity index (χ3v) is 5.50. The summed E-state index contributed by atoms with van der Waals surface area (Å²) in [5.41, 5.74) is -0.233. The van der Waals surface area contributed by atoms with Crippen LogP contribution in [0.5, 0.6) is 5.75 Å². The summed E-state index contributed by atoms with van der Waals surface area (Å²) in [5, 5.41) is 9.17. The number of phenols is 1. The highest BCUT2D eigenvalue weighted by Crippen LogP contribution is 2.39. The monoisotopic (exact) mass is 344 g/mol. The average Bonchev–Trinajstić information content (AvgIpc) is 2.44. The molecule has 0 aliphatic heterocycles. The van der Waals surface area contributed by atoms with Gasteiger partial charge in [-0.3, -0.25) is 4.79 Å². The van der Waals surface area contributed by atoms with Crippen molar-refractivity contribution in [3.05, 3.63) is 52.0 Å². The smallest absolute Gasteiger partial charge is 0.207 e. The van der Waals surface area contributed by atoms with Crippen LogP contribution in [0.1, 0.15) is 17.3 Å². The Labute approximate surface area is 131 Å². The SMILES string of the molecule is CC(=O)c1c(S(=O)(=O)c2ccccc2)cc(O)c(Cl)c1Cl. The second-order valence-electron chi connectivity index (χ2n) is 4.27. The van der Waals surface area contributed by atoms with E-state index in [1.807, 2.05) is 0 Å². The first-order valence-corrected chi connectivity index (χ1v) is 8.02. The summed E-state index contributed by atoms with van der Waals surface area (Å²) in [4.78, 5) is 11.4. The quantitative estimate of drug-likeness (QED) is 0.861. The Morgan fingerprint density at radius 1 is 1.10 bits per heavy atom. The first kappa shape index (κ1) is 15.8. The van der Waals surface area contributed by atoms with Crippen molar-refractivity contribution < 1.29 is 18.3 Å². The minimum atomic E-state index is -4.00. The van der Waals surface area contributed by atoms with Crippen molar-refractivity contribution in [2.75, 3.05) is 0 Å². The fourth-order valence-electron chi connectivity index (χ4n) is 1.86. The fourth-order valence-corrected chi connectivity index (χ4v) is 3.94. The van der Waals surface area contributed by atoms with E-state index in [4.69, 9.17) is 23.2 Å². The summed E-state index contributed by atoms with van der Waals surface area (Å²) in [5.74, 6) is -1.06. The maximum absolute atomic E-state index is 12.6. The maximum Gasteiger partial charge on any atom is 0.207 e. The van der Waals surface area contributed by atoms with Gasteiger partial charge in [-0.15, -0.1) is 0 Å².